The van der Waals surface area contributed by atoms with Gasteiger partial charge in [0.2, 0.25) is 0 Å². The number of aldehydes is 1. The molecule has 4 nitrogen and oxygen atoms in total. The number of hydrogen-bond donors (Lipinski definition) is 0. The van der Waals surface area contributed by atoms with E-state index in [2.05, 4.69) is 10.1 Å². The van der Waals surface area contributed by atoms with Gasteiger partial charge in [-0.3, -0.25) is 4.79 Å². The number of aryl methyl sites for hydroxylation is 1. The Balaban J connectivity index is 2.75. The van der Waals surface area contributed by atoms with E-state index in [0.29, 0.717) is 17.6 Å². The Labute approximate surface area is 68.8 Å². The van der Waals surface area contributed by atoms with Gasteiger partial charge in [0, 0.05) is 18.5 Å². The molecule has 2 rings (SSSR count). The average Bonchev–Trinajstić information content (AvgIpc) is 2.46. The third kappa shape index (κ3) is 0.972. The van der Waals surface area contributed by atoms with E-state index in [4.69, 9.17) is 0 Å². The summed E-state index contributed by atoms with van der Waals surface area (Å²) in [5, 5.41) is 3.98. The minimum atomic E-state index is 0.410. The van der Waals surface area contributed by atoms with Crippen molar-refractivity contribution in [3.05, 3.63) is 29.7 Å². The second-order valence-corrected chi connectivity index (χ2v) is 2.62. The maximum absolute atomic E-state index is 10.4. The van der Waals surface area contributed by atoms with Crippen LogP contribution in [0.2, 0.25) is 0 Å². The van der Waals surface area contributed by atoms with Crippen LogP contribution in [0, 0.1) is 6.92 Å². The van der Waals surface area contributed by atoms with Crippen LogP contribution in [0.3, 0.4) is 0 Å². The summed E-state index contributed by atoms with van der Waals surface area (Å²) in [4.78, 5) is 14.4. The first-order valence-electron chi connectivity index (χ1n) is 3.57. The largest absolute Gasteiger partial charge is 0.296 e. The number of rotatable bonds is 1. The summed E-state index contributed by atoms with van der Waals surface area (Å²) in [6, 6.07) is 1.65. The van der Waals surface area contributed by atoms with Crippen molar-refractivity contribution in [2.75, 3.05) is 0 Å². The summed E-state index contributed by atoms with van der Waals surface area (Å²) in [5.74, 6) is 0. The molecule has 0 amide bonds. The van der Waals surface area contributed by atoms with Crippen molar-refractivity contribution in [1.29, 1.82) is 0 Å². The van der Waals surface area contributed by atoms with Crippen molar-refractivity contribution in [3.8, 4) is 0 Å². The fourth-order valence-electron chi connectivity index (χ4n) is 1.05. The Kier molecular flexibility index (Phi) is 1.40. The molecule has 60 valence electrons. The van der Waals surface area contributed by atoms with Crippen molar-refractivity contribution in [1.82, 2.24) is 14.6 Å². The molecule has 0 aliphatic heterocycles. The van der Waals surface area contributed by atoms with Gasteiger partial charge < -0.3 is 0 Å². The van der Waals surface area contributed by atoms with Gasteiger partial charge in [-0.05, 0) is 12.5 Å². The molecule has 12 heavy (non-hydrogen) atoms. The molecule has 0 atom stereocenters. The standard InChI is InChI=1S/C8H7N3O/c1-6-3-9-8-2-7(5-12)10-11(8)4-6/h2-5H,1H3. The maximum atomic E-state index is 10.4. The highest BCUT2D eigenvalue weighted by Gasteiger charge is 1.99. The normalized spacial score (nSPS) is 10.4. The van der Waals surface area contributed by atoms with Crippen LogP contribution < -0.4 is 0 Å². The van der Waals surface area contributed by atoms with Gasteiger partial charge in [0.25, 0.3) is 0 Å². The second kappa shape index (κ2) is 2.41. The van der Waals surface area contributed by atoms with Crippen LogP contribution in [0.25, 0.3) is 5.65 Å². The van der Waals surface area contributed by atoms with Gasteiger partial charge in [-0.2, -0.15) is 5.10 Å². The summed E-state index contributed by atoms with van der Waals surface area (Å²) in [7, 11) is 0. The topological polar surface area (TPSA) is 47.3 Å². The molecule has 0 unspecified atom stereocenters. The van der Waals surface area contributed by atoms with Crippen LogP contribution in [-0.2, 0) is 0 Å². The first-order valence-corrected chi connectivity index (χ1v) is 3.57. The van der Waals surface area contributed by atoms with Crippen LogP contribution in [-0.4, -0.2) is 20.9 Å². The lowest BCUT2D eigenvalue weighted by Crippen LogP contribution is -1.90. The first kappa shape index (κ1) is 6.97. The molecule has 0 N–H and O–H groups in total. The van der Waals surface area contributed by atoms with Crippen molar-refractivity contribution >= 4 is 11.9 Å². The zero-order valence-electron chi connectivity index (χ0n) is 6.56. The zero-order valence-corrected chi connectivity index (χ0v) is 6.56. The highest BCUT2D eigenvalue weighted by molar-refractivity contribution is 5.73. The lowest BCUT2D eigenvalue weighted by atomic mass is 10.4. The molecule has 0 saturated heterocycles. The number of fused-ring (bicyclic) bond motifs is 1. The van der Waals surface area contributed by atoms with Crippen molar-refractivity contribution in [2.45, 2.75) is 6.92 Å². The molecule has 0 aliphatic carbocycles. The van der Waals surface area contributed by atoms with Gasteiger partial charge in [0.1, 0.15) is 5.69 Å². The van der Waals surface area contributed by atoms with Gasteiger partial charge >= 0.3 is 0 Å². The SMILES string of the molecule is Cc1cnc2cc(C=O)nn2c1. The summed E-state index contributed by atoms with van der Waals surface area (Å²) >= 11 is 0. The van der Waals surface area contributed by atoms with E-state index in [1.807, 2.05) is 13.1 Å². The molecule has 0 fully saturated rings. The molecule has 4 heteroatoms. The number of aromatic nitrogens is 3. The predicted molar refractivity (Wildman–Crippen MR) is 43.1 cm³/mol. The molecular formula is C8H7N3O. The highest BCUT2D eigenvalue weighted by atomic mass is 16.1. The minimum Gasteiger partial charge on any atom is -0.296 e. The fourth-order valence-corrected chi connectivity index (χ4v) is 1.05. The number of carbonyl (C=O) groups excluding carboxylic acids is 1. The van der Waals surface area contributed by atoms with E-state index in [0.717, 1.165) is 5.56 Å². The fraction of sp³-hybridized carbons (Fsp3) is 0.125. The van der Waals surface area contributed by atoms with Crippen LogP contribution >= 0.6 is 0 Å². The van der Waals surface area contributed by atoms with Crippen LogP contribution in [0.5, 0.6) is 0 Å². The third-order valence-corrected chi connectivity index (χ3v) is 1.58. The maximum Gasteiger partial charge on any atom is 0.170 e. The van der Waals surface area contributed by atoms with E-state index in [1.165, 1.54) is 0 Å². The van der Waals surface area contributed by atoms with E-state index in [-0.39, 0.29) is 0 Å². The molecule has 0 radical (unpaired) electrons. The molecule has 0 saturated carbocycles. The Morgan fingerprint density at radius 2 is 2.42 bits per heavy atom. The monoisotopic (exact) mass is 161 g/mol. The summed E-state index contributed by atoms with van der Waals surface area (Å²) < 4.78 is 1.60. The van der Waals surface area contributed by atoms with Gasteiger partial charge in [-0.15, -0.1) is 0 Å². The van der Waals surface area contributed by atoms with Crippen LogP contribution in [0.15, 0.2) is 18.5 Å². The van der Waals surface area contributed by atoms with Gasteiger partial charge in [0.15, 0.2) is 11.9 Å². The Morgan fingerprint density at radius 1 is 1.58 bits per heavy atom. The highest BCUT2D eigenvalue weighted by Crippen LogP contribution is 2.02. The van der Waals surface area contributed by atoms with Crippen molar-refractivity contribution < 1.29 is 4.79 Å². The van der Waals surface area contributed by atoms with Gasteiger partial charge in [-0.25, -0.2) is 9.50 Å². The smallest absolute Gasteiger partial charge is 0.170 e. The summed E-state index contributed by atoms with van der Waals surface area (Å²) in [6.45, 7) is 1.93. The first-order chi connectivity index (χ1) is 5.79. The van der Waals surface area contributed by atoms with E-state index in [1.54, 1.807) is 16.8 Å². The summed E-state index contributed by atoms with van der Waals surface area (Å²) in [6.07, 6.45) is 4.28. The molecule has 0 spiro atoms. The molecule has 2 aromatic rings. The molecule has 0 bridgehead atoms. The molecule has 0 aromatic carbocycles. The second-order valence-electron chi connectivity index (χ2n) is 2.62. The number of carbonyl (C=O) groups is 1. The molecule has 2 aromatic heterocycles. The lowest BCUT2D eigenvalue weighted by molar-refractivity contribution is 0.111. The molecular weight excluding hydrogens is 154 g/mol. The van der Waals surface area contributed by atoms with Gasteiger partial charge in [-0.1, -0.05) is 0 Å². The molecule has 2 heterocycles. The number of hydrogen-bond acceptors (Lipinski definition) is 3. The Morgan fingerprint density at radius 3 is 3.17 bits per heavy atom. The van der Waals surface area contributed by atoms with Crippen LogP contribution in [0.1, 0.15) is 16.1 Å². The third-order valence-electron chi connectivity index (χ3n) is 1.58. The predicted octanol–water partition coefficient (Wildman–Crippen LogP) is 0.850. The minimum absolute atomic E-state index is 0.410. The van der Waals surface area contributed by atoms with Crippen molar-refractivity contribution in [2.24, 2.45) is 0 Å². The van der Waals surface area contributed by atoms with E-state index >= 15 is 0 Å². The number of nitrogens with zero attached hydrogens (tertiary/aromatic N) is 3. The van der Waals surface area contributed by atoms with E-state index < -0.39 is 0 Å². The zero-order chi connectivity index (χ0) is 8.55. The Bertz CT molecular complexity index is 433. The Hall–Kier alpha value is -1.71. The van der Waals surface area contributed by atoms with E-state index in [9.17, 15) is 4.79 Å². The quantitative estimate of drug-likeness (QED) is 0.582. The average molecular weight is 161 g/mol. The van der Waals surface area contributed by atoms with Crippen molar-refractivity contribution in [3.63, 3.8) is 0 Å². The van der Waals surface area contributed by atoms with Gasteiger partial charge in [0.05, 0.1) is 0 Å². The van der Waals surface area contributed by atoms with Crippen LogP contribution in [0.4, 0.5) is 0 Å². The molecule has 0 aliphatic rings. The summed E-state index contributed by atoms with van der Waals surface area (Å²) in [5.41, 5.74) is 2.12. The lowest BCUT2D eigenvalue weighted by Gasteiger charge is -1.91.